The predicted molar refractivity (Wildman–Crippen MR) is 123 cm³/mol. The van der Waals surface area contributed by atoms with Crippen molar-refractivity contribution < 1.29 is 23.8 Å². The Morgan fingerprint density at radius 2 is 1.88 bits per heavy atom. The smallest absolute Gasteiger partial charge is 0.266 e. The van der Waals surface area contributed by atoms with Gasteiger partial charge in [0.25, 0.3) is 5.91 Å². The van der Waals surface area contributed by atoms with Gasteiger partial charge in [-0.15, -0.1) is 0 Å². The molecule has 0 aliphatic carbocycles. The summed E-state index contributed by atoms with van der Waals surface area (Å²) in [5.74, 6) is -1.25. The van der Waals surface area contributed by atoms with Gasteiger partial charge in [-0.2, -0.15) is 0 Å². The topological polar surface area (TPSA) is 82.0 Å². The second-order valence-corrected chi connectivity index (χ2v) is 8.17. The number of carbonyl (C=O) groups excluding carboxylic acids is 2. The van der Waals surface area contributed by atoms with Crippen molar-refractivity contribution in [1.82, 2.24) is 4.90 Å². The summed E-state index contributed by atoms with van der Waals surface area (Å²) < 4.78 is 19.3. The van der Waals surface area contributed by atoms with Crippen LogP contribution in [0, 0.1) is 5.82 Å². The van der Waals surface area contributed by atoms with Gasteiger partial charge in [0, 0.05) is 12.6 Å². The van der Waals surface area contributed by atoms with Crippen LogP contribution in [0.5, 0.6) is 5.75 Å². The Morgan fingerprint density at radius 3 is 2.61 bits per heavy atom. The minimum Gasteiger partial charge on any atom is -0.545 e. The molecule has 0 radical (unpaired) electrons. The van der Waals surface area contributed by atoms with Gasteiger partial charge in [0.1, 0.15) is 18.2 Å². The number of amides is 1. The largest absolute Gasteiger partial charge is 0.545 e. The molecule has 1 saturated heterocycles. The van der Waals surface area contributed by atoms with Gasteiger partial charge in [-0.05, 0) is 59.3 Å². The highest BCUT2D eigenvalue weighted by molar-refractivity contribution is 8.18. The fourth-order valence-electron chi connectivity index (χ4n) is 3.09. The highest BCUT2D eigenvalue weighted by atomic mass is 32.2. The Balaban J connectivity index is 1.54. The van der Waals surface area contributed by atoms with Crippen molar-refractivity contribution in [3.63, 3.8) is 0 Å². The van der Waals surface area contributed by atoms with Crippen molar-refractivity contribution in [2.45, 2.75) is 6.61 Å². The van der Waals surface area contributed by atoms with Crippen molar-refractivity contribution in [3.8, 4) is 5.75 Å². The summed E-state index contributed by atoms with van der Waals surface area (Å²) in [6, 6.07) is 19.4. The molecule has 0 bridgehead atoms. The van der Waals surface area contributed by atoms with Crippen LogP contribution in [-0.2, 0) is 11.4 Å². The van der Waals surface area contributed by atoms with Crippen LogP contribution in [0.15, 0.2) is 82.7 Å². The number of hydrogen-bond acceptors (Lipinski definition) is 6. The van der Waals surface area contributed by atoms with E-state index in [2.05, 4.69) is 4.99 Å². The number of carboxylic acids is 1. The Bertz CT molecular complexity index is 1270. The Kier molecular flexibility index (Phi) is 6.55. The summed E-state index contributed by atoms with van der Waals surface area (Å²) >= 11 is 1.21. The average molecular weight is 461 g/mol. The minimum absolute atomic E-state index is 0.0536. The fraction of sp³-hybridized carbons (Fsp3) is 0.0800. The number of carboxylic acid groups (broad SMARTS) is 1. The highest BCUT2D eigenvalue weighted by Crippen LogP contribution is 2.34. The molecule has 33 heavy (non-hydrogen) atoms. The number of para-hydroxylation sites is 1. The second kappa shape index (κ2) is 9.70. The molecule has 6 nitrogen and oxygen atoms in total. The molecule has 0 unspecified atom stereocenters. The second-order valence-electron chi connectivity index (χ2n) is 7.16. The molecular weight excluding hydrogens is 443 g/mol. The maximum atomic E-state index is 13.4. The first-order chi connectivity index (χ1) is 15.9. The maximum Gasteiger partial charge on any atom is 0.266 e. The lowest BCUT2D eigenvalue weighted by atomic mass is 10.1. The molecule has 8 heteroatoms. The van der Waals surface area contributed by atoms with Crippen LogP contribution in [0.1, 0.15) is 21.5 Å². The average Bonchev–Trinajstić information content (AvgIpc) is 3.06. The first-order valence-electron chi connectivity index (χ1n) is 9.95. The van der Waals surface area contributed by atoms with Crippen LogP contribution >= 0.6 is 11.8 Å². The van der Waals surface area contributed by atoms with E-state index in [9.17, 15) is 19.1 Å². The van der Waals surface area contributed by atoms with E-state index in [4.69, 9.17) is 4.74 Å². The molecule has 0 N–H and O–H groups in total. The number of halogens is 1. The molecule has 3 aromatic rings. The zero-order chi connectivity index (χ0) is 23.4. The summed E-state index contributed by atoms with van der Waals surface area (Å²) in [4.78, 5) is 30.0. The maximum absolute atomic E-state index is 13.4. The van der Waals surface area contributed by atoms with Crippen LogP contribution < -0.4 is 9.84 Å². The Hall–Kier alpha value is -3.91. The summed E-state index contributed by atoms with van der Waals surface area (Å²) in [5.41, 5.74) is 1.97. The third-order valence-electron chi connectivity index (χ3n) is 4.82. The number of benzene rings is 3. The Morgan fingerprint density at radius 1 is 1.12 bits per heavy atom. The molecule has 1 fully saturated rings. The minimum atomic E-state index is -1.26. The highest BCUT2D eigenvalue weighted by Gasteiger charge is 2.30. The number of thioether (sulfide) groups is 1. The Labute approximate surface area is 194 Å². The third kappa shape index (κ3) is 5.30. The molecule has 1 aliphatic rings. The summed E-state index contributed by atoms with van der Waals surface area (Å²) in [6.07, 6.45) is 1.73. The van der Waals surface area contributed by atoms with Crippen molar-refractivity contribution in [3.05, 3.63) is 100 Å². The molecule has 4 rings (SSSR count). The zero-order valence-electron chi connectivity index (χ0n) is 17.5. The van der Waals surface area contributed by atoms with Crippen LogP contribution in [0.3, 0.4) is 0 Å². The lowest BCUT2D eigenvalue weighted by Gasteiger charge is -2.10. The van der Waals surface area contributed by atoms with Crippen LogP contribution in [-0.4, -0.2) is 29.0 Å². The standard InChI is InChI=1S/C25H19FN2O4S/c1-28-23(29)22(33-25(28)27-20-11-9-17(10-12-20)24(30)31)14-18-6-2-3-8-21(18)32-15-16-5-4-7-19(26)13-16/h2-14H,15H2,1H3,(H,30,31)/p-1/b22-14-,27-25?. The number of hydrogen-bond donors (Lipinski definition) is 0. The monoisotopic (exact) mass is 461 g/mol. The first kappa shape index (κ1) is 22.3. The lowest BCUT2D eigenvalue weighted by molar-refractivity contribution is -0.255. The van der Waals surface area contributed by atoms with Crippen LogP contribution in [0.2, 0.25) is 0 Å². The van der Waals surface area contributed by atoms with Crippen molar-refractivity contribution in [1.29, 1.82) is 0 Å². The number of aromatic carboxylic acids is 1. The van der Waals surface area contributed by atoms with Crippen LogP contribution in [0.25, 0.3) is 6.08 Å². The van der Waals surface area contributed by atoms with Crippen molar-refractivity contribution in [2.24, 2.45) is 4.99 Å². The lowest BCUT2D eigenvalue weighted by Crippen LogP contribution is -2.23. The number of carbonyl (C=O) groups is 2. The molecule has 0 aromatic heterocycles. The summed E-state index contributed by atoms with van der Waals surface area (Å²) in [6.45, 7) is 0.188. The molecule has 3 aromatic carbocycles. The van der Waals surface area contributed by atoms with E-state index in [1.165, 1.54) is 40.9 Å². The van der Waals surface area contributed by atoms with Gasteiger partial charge in [-0.3, -0.25) is 9.69 Å². The van der Waals surface area contributed by atoms with Gasteiger partial charge >= 0.3 is 0 Å². The van der Waals surface area contributed by atoms with E-state index < -0.39 is 5.97 Å². The molecule has 0 atom stereocenters. The third-order valence-corrected chi connectivity index (χ3v) is 5.88. The predicted octanol–water partition coefficient (Wildman–Crippen LogP) is 4.00. The first-order valence-corrected chi connectivity index (χ1v) is 10.8. The van der Waals surface area contributed by atoms with Crippen LogP contribution in [0.4, 0.5) is 10.1 Å². The molecule has 1 amide bonds. The van der Waals surface area contributed by atoms with Crippen molar-refractivity contribution in [2.75, 3.05) is 7.05 Å². The normalized spacial score (nSPS) is 15.9. The molecular formula is C25H18FN2O4S-. The SMILES string of the molecule is CN1C(=O)/C(=C/c2ccccc2OCc2cccc(F)c2)SC1=Nc1ccc(C(=O)[O-])cc1. The van der Waals surface area contributed by atoms with Gasteiger partial charge in [0.05, 0.1) is 16.6 Å². The van der Waals surface area contributed by atoms with E-state index >= 15 is 0 Å². The number of aliphatic imine (C=N–C) groups is 1. The summed E-state index contributed by atoms with van der Waals surface area (Å²) in [7, 11) is 1.62. The number of amidine groups is 1. The van der Waals surface area contributed by atoms with E-state index in [1.807, 2.05) is 18.2 Å². The molecule has 166 valence electrons. The van der Waals surface area contributed by atoms with Gasteiger partial charge in [0.2, 0.25) is 0 Å². The molecule has 1 heterocycles. The van der Waals surface area contributed by atoms with E-state index in [0.717, 1.165) is 0 Å². The van der Waals surface area contributed by atoms with Gasteiger partial charge in [-0.1, -0.05) is 42.5 Å². The molecule has 0 spiro atoms. The number of likely N-dealkylation sites (N-methyl/N-ethyl adjacent to an activating group) is 1. The molecule has 0 saturated carbocycles. The fourth-order valence-corrected chi connectivity index (χ4v) is 4.07. The van der Waals surface area contributed by atoms with E-state index in [-0.39, 0.29) is 23.9 Å². The zero-order valence-corrected chi connectivity index (χ0v) is 18.3. The van der Waals surface area contributed by atoms with Gasteiger partial charge in [0.15, 0.2) is 5.17 Å². The molecule has 1 aliphatic heterocycles. The quantitative estimate of drug-likeness (QED) is 0.518. The van der Waals surface area contributed by atoms with E-state index in [1.54, 1.807) is 43.5 Å². The summed E-state index contributed by atoms with van der Waals surface area (Å²) in [5, 5.41) is 11.4. The van der Waals surface area contributed by atoms with Crippen molar-refractivity contribution >= 4 is 40.6 Å². The number of nitrogens with zero attached hydrogens (tertiary/aromatic N) is 2. The van der Waals surface area contributed by atoms with Gasteiger partial charge < -0.3 is 14.6 Å². The number of ether oxygens (including phenoxy) is 1. The van der Waals surface area contributed by atoms with E-state index in [0.29, 0.717) is 32.6 Å². The van der Waals surface area contributed by atoms with Gasteiger partial charge in [-0.25, -0.2) is 9.38 Å². The number of rotatable bonds is 6.